The molecule has 0 amide bonds. The first-order valence-corrected chi connectivity index (χ1v) is 10.8. The molecule has 1 N–H and O–H groups in total. The summed E-state index contributed by atoms with van der Waals surface area (Å²) in [5, 5.41) is 10.8. The molecule has 0 radical (unpaired) electrons. The Bertz CT molecular complexity index is 897. The van der Waals surface area contributed by atoms with E-state index in [0.29, 0.717) is 11.8 Å². The van der Waals surface area contributed by atoms with E-state index in [1.807, 2.05) is 6.08 Å². The molecule has 5 heteroatoms. The second-order valence-electron chi connectivity index (χ2n) is 10.2. The maximum absolute atomic E-state index is 12.0. The summed E-state index contributed by atoms with van der Waals surface area (Å²) in [5.41, 5.74) is 1.68. The number of allylic oxidation sites excluding steroid dienone is 3. The number of esters is 1. The van der Waals surface area contributed by atoms with Crippen molar-refractivity contribution in [2.24, 2.45) is 28.6 Å². The molecule has 1 spiro atoms. The molecule has 1 saturated heterocycles. The second kappa shape index (κ2) is 5.84. The molecule has 0 bridgehead atoms. The van der Waals surface area contributed by atoms with Gasteiger partial charge in [0.05, 0.1) is 6.10 Å². The minimum Gasteiger partial charge on any atom is -0.509 e. The van der Waals surface area contributed by atoms with Crippen LogP contribution in [0.4, 0.5) is 0 Å². The molecule has 29 heavy (non-hydrogen) atoms. The van der Waals surface area contributed by atoms with Crippen LogP contribution in [-0.4, -0.2) is 35.2 Å². The molecule has 4 fully saturated rings. The van der Waals surface area contributed by atoms with Crippen molar-refractivity contribution in [3.05, 3.63) is 35.1 Å². The highest BCUT2D eigenvalue weighted by molar-refractivity contribution is 6.01. The van der Waals surface area contributed by atoms with Gasteiger partial charge >= 0.3 is 5.97 Å². The zero-order chi connectivity index (χ0) is 20.8. The standard InChI is InChI=1S/C24H30O5/c1-13-9-18-17-6-5-15-10-16(26)7-8-23(15,4)24(17)20(29-24)11-22(18,3)21(13)19(27)12-28-14(2)25/h7-8,10,13,17-18,20,27H,5-6,9,11-12H2,1-4H3/t13?,17-,18-,20?,22-,23-,24-/m0/s1. The van der Waals surface area contributed by atoms with Crippen molar-refractivity contribution in [1.29, 1.82) is 0 Å². The number of hydrogen-bond acceptors (Lipinski definition) is 5. The van der Waals surface area contributed by atoms with E-state index in [-0.39, 0.29) is 52.6 Å². The lowest BCUT2D eigenvalue weighted by atomic mass is 9.48. The fourth-order valence-corrected chi connectivity index (χ4v) is 7.66. The molecule has 1 aliphatic heterocycles. The number of rotatable bonds is 2. The van der Waals surface area contributed by atoms with E-state index >= 15 is 0 Å². The highest BCUT2D eigenvalue weighted by atomic mass is 16.6. The maximum Gasteiger partial charge on any atom is 0.303 e. The van der Waals surface area contributed by atoms with Gasteiger partial charge < -0.3 is 14.6 Å². The van der Waals surface area contributed by atoms with E-state index < -0.39 is 0 Å². The van der Waals surface area contributed by atoms with Gasteiger partial charge in [-0.15, -0.1) is 0 Å². The average Bonchev–Trinajstić information content (AvgIpc) is 3.29. The molecule has 5 nitrogen and oxygen atoms in total. The molecule has 0 aromatic rings. The molecular weight excluding hydrogens is 368 g/mol. The molecule has 5 aliphatic rings. The quantitative estimate of drug-likeness (QED) is 0.431. The van der Waals surface area contributed by atoms with Crippen LogP contribution < -0.4 is 0 Å². The van der Waals surface area contributed by atoms with Gasteiger partial charge in [-0.3, -0.25) is 9.59 Å². The first-order valence-electron chi connectivity index (χ1n) is 10.8. The molecule has 2 unspecified atom stereocenters. The lowest BCUT2D eigenvalue weighted by Crippen LogP contribution is -2.56. The van der Waals surface area contributed by atoms with Gasteiger partial charge in [0.2, 0.25) is 0 Å². The third-order valence-corrected chi connectivity index (χ3v) is 8.76. The first kappa shape index (κ1) is 19.1. The molecule has 7 atom stereocenters. The number of fused-ring (bicyclic) bond motifs is 3. The zero-order valence-electron chi connectivity index (χ0n) is 17.7. The Hall–Kier alpha value is -1.88. The summed E-state index contributed by atoms with van der Waals surface area (Å²) in [7, 11) is 0. The topological polar surface area (TPSA) is 76.1 Å². The van der Waals surface area contributed by atoms with Gasteiger partial charge in [0.1, 0.15) is 18.0 Å². The summed E-state index contributed by atoms with van der Waals surface area (Å²) >= 11 is 0. The molecule has 0 aromatic carbocycles. The van der Waals surface area contributed by atoms with E-state index in [0.717, 1.165) is 31.3 Å². The fourth-order valence-electron chi connectivity index (χ4n) is 7.66. The van der Waals surface area contributed by atoms with Gasteiger partial charge in [0.15, 0.2) is 5.78 Å². The molecule has 5 rings (SSSR count). The van der Waals surface area contributed by atoms with Crippen LogP contribution in [0.25, 0.3) is 0 Å². The maximum atomic E-state index is 12.0. The fraction of sp³-hybridized carbons (Fsp3) is 0.667. The number of epoxide rings is 1. The third-order valence-electron chi connectivity index (χ3n) is 8.76. The Labute approximate surface area is 171 Å². The van der Waals surface area contributed by atoms with Crippen molar-refractivity contribution in [2.45, 2.75) is 65.1 Å². The predicted molar refractivity (Wildman–Crippen MR) is 107 cm³/mol. The van der Waals surface area contributed by atoms with Gasteiger partial charge in [0, 0.05) is 12.3 Å². The van der Waals surface area contributed by atoms with Crippen LogP contribution in [0.5, 0.6) is 0 Å². The highest BCUT2D eigenvalue weighted by Crippen LogP contribution is 2.75. The van der Waals surface area contributed by atoms with Crippen LogP contribution >= 0.6 is 0 Å². The van der Waals surface area contributed by atoms with Crippen LogP contribution in [0.15, 0.2) is 35.1 Å². The van der Waals surface area contributed by atoms with Crippen LogP contribution in [0.1, 0.15) is 53.4 Å². The lowest BCUT2D eigenvalue weighted by molar-refractivity contribution is -0.140. The van der Waals surface area contributed by atoms with Crippen molar-refractivity contribution < 1.29 is 24.2 Å². The predicted octanol–water partition coefficient (Wildman–Crippen LogP) is 4.05. The zero-order valence-corrected chi connectivity index (χ0v) is 17.7. The molecule has 0 aromatic heterocycles. The van der Waals surface area contributed by atoms with E-state index in [9.17, 15) is 14.7 Å². The molecule has 1 heterocycles. The van der Waals surface area contributed by atoms with Crippen LogP contribution in [0.3, 0.4) is 0 Å². The normalized spacial score (nSPS) is 48.7. The Kier molecular flexibility index (Phi) is 3.85. The molecular formula is C24H30O5. The van der Waals surface area contributed by atoms with Gasteiger partial charge in [-0.1, -0.05) is 25.5 Å². The average molecular weight is 398 g/mol. The highest BCUT2D eigenvalue weighted by Gasteiger charge is 2.78. The number of hydrogen-bond donors (Lipinski definition) is 1. The number of carbonyl (C=O) groups is 2. The lowest BCUT2D eigenvalue weighted by Gasteiger charge is -2.53. The Balaban J connectivity index is 1.53. The minimum absolute atomic E-state index is 0.0475. The molecule has 156 valence electrons. The number of aliphatic hydroxyl groups excluding tert-OH is 1. The van der Waals surface area contributed by atoms with Gasteiger partial charge in [-0.05, 0) is 73.5 Å². The van der Waals surface area contributed by atoms with E-state index in [2.05, 4.69) is 26.8 Å². The second-order valence-corrected chi connectivity index (χ2v) is 10.2. The summed E-state index contributed by atoms with van der Waals surface area (Å²) in [6, 6.07) is 0. The first-order chi connectivity index (χ1) is 13.6. The molecule has 3 saturated carbocycles. The summed E-state index contributed by atoms with van der Waals surface area (Å²) < 4.78 is 11.6. The Morgan fingerprint density at radius 3 is 2.83 bits per heavy atom. The van der Waals surface area contributed by atoms with Gasteiger partial charge in [-0.25, -0.2) is 0 Å². The Morgan fingerprint density at radius 2 is 2.10 bits per heavy atom. The summed E-state index contributed by atoms with van der Waals surface area (Å²) in [4.78, 5) is 23.2. The summed E-state index contributed by atoms with van der Waals surface area (Å²) in [6.45, 7) is 8.00. The largest absolute Gasteiger partial charge is 0.509 e. The van der Waals surface area contributed by atoms with E-state index in [1.54, 1.807) is 6.08 Å². The van der Waals surface area contributed by atoms with Crippen molar-refractivity contribution >= 4 is 11.8 Å². The van der Waals surface area contributed by atoms with Crippen LogP contribution in [-0.2, 0) is 19.1 Å². The van der Waals surface area contributed by atoms with Crippen molar-refractivity contribution in [3.8, 4) is 0 Å². The molecule has 4 aliphatic carbocycles. The number of carbonyl (C=O) groups excluding carboxylic acids is 2. The number of ether oxygens (including phenoxy) is 2. The van der Waals surface area contributed by atoms with Crippen molar-refractivity contribution in [3.63, 3.8) is 0 Å². The number of aliphatic hydroxyl groups is 1. The SMILES string of the molecule is CC(=O)OCC(O)=C1C(C)C[C@H]2[C@@H]3CCC4=CC(=O)C=C[C@]4(C)[C@]34OC4C[C@]12C. The summed E-state index contributed by atoms with van der Waals surface area (Å²) in [5.74, 6) is 0.985. The number of ketones is 1. The third kappa shape index (κ3) is 2.31. The van der Waals surface area contributed by atoms with Crippen LogP contribution in [0.2, 0.25) is 0 Å². The monoisotopic (exact) mass is 398 g/mol. The Morgan fingerprint density at radius 1 is 1.34 bits per heavy atom. The van der Waals surface area contributed by atoms with Crippen molar-refractivity contribution in [1.82, 2.24) is 0 Å². The summed E-state index contributed by atoms with van der Waals surface area (Å²) in [6.07, 6.45) is 9.57. The van der Waals surface area contributed by atoms with E-state index in [1.165, 1.54) is 12.5 Å². The smallest absolute Gasteiger partial charge is 0.303 e. The minimum atomic E-state index is -0.379. The van der Waals surface area contributed by atoms with Crippen LogP contribution in [0, 0.1) is 28.6 Å². The van der Waals surface area contributed by atoms with Gasteiger partial charge in [0.25, 0.3) is 0 Å². The van der Waals surface area contributed by atoms with Gasteiger partial charge in [-0.2, -0.15) is 0 Å². The van der Waals surface area contributed by atoms with E-state index in [4.69, 9.17) is 9.47 Å². The van der Waals surface area contributed by atoms with Crippen molar-refractivity contribution in [2.75, 3.05) is 6.61 Å².